The minimum Gasteiger partial charge on any atom is -0.487 e. The molecule has 3 aromatic rings. The number of benzene rings is 2. The number of nitrogens with zero attached hydrogens (tertiary/aromatic N) is 1. The highest BCUT2D eigenvalue weighted by atomic mass is 35.5. The Labute approximate surface area is 171 Å². The van der Waals surface area contributed by atoms with Crippen molar-refractivity contribution >= 4 is 40.4 Å². The van der Waals surface area contributed by atoms with Crippen molar-refractivity contribution in [2.45, 2.75) is 13.5 Å². The molecule has 0 bridgehead atoms. The van der Waals surface area contributed by atoms with E-state index in [1.54, 1.807) is 47.7 Å². The largest absolute Gasteiger partial charge is 0.487 e. The number of thiazole rings is 1. The number of hydrogen-bond donors (Lipinski definition) is 2. The van der Waals surface area contributed by atoms with Gasteiger partial charge >= 0.3 is 0 Å². The molecule has 6 nitrogen and oxygen atoms in total. The average Bonchev–Trinajstić information content (AvgIpc) is 3.12. The van der Waals surface area contributed by atoms with Crippen molar-refractivity contribution in [3.8, 4) is 5.75 Å². The molecule has 8 heteroatoms. The monoisotopic (exact) mass is 415 g/mol. The SMILES string of the molecule is CNC(=O)c1cc(NC(=O)c2ccc(OCc3csc(C)n3)cc2)ccc1Cl. The minimum atomic E-state index is -0.321. The first kappa shape index (κ1) is 19.9. The molecule has 1 heterocycles. The van der Waals surface area contributed by atoms with E-state index in [1.807, 2.05) is 12.3 Å². The Bertz CT molecular complexity index is 1000. The number of hydrogen-bond acceptors (Lipinski definition) is 5. The lowest BCUT2D eigenvalue weighted by molar-refractivity contribution is 0.0961. The lowest BCUT2D eigenvalue weighted by Gasteiger charge is -2.09. The van der Waals surface area contributed by atoms with Crippen molar-refractivity contribution in [1.82, 2.24) is 10.3 Å². The number of ether oxygens (including phenoxy) is 1. The van der Waals surface area contributed by atoms with Gasteiger partial charge in [-0.2, -0.15) is 0 Å². The highest BCUT2D eigenvalue weighted by molar-refractivity contribution is 7.09. The van der Waals surface area contributed by atoms with Gasteiger partial charge in [0, 0.05) is 23.7 Å². The van der Waals surface area contributed by atoms with Crippen molar-refractivity contribution in [2.75, 3.05) is 12.4 Å². The average molecular weight is 416 g/mol. The zero-order valence-electron chi connectivity index (χ0n) is 15.3. The summed E-state index contributed by atoms with van der Waals surface area (Å²) in [5.41, 5.74) is 2.11. The predicted octanol–water partition coefficient (Wildman–Crippen LogP) is 4.30. The van der Waals surface area contributed by atoms with Gasteiger partial charge in [0.05, 0.1) is 21.3 Å². The quantitative estimate of drug-likeness (QED) is 0.629. The zero-order valence-corrected chi connectivity index (χ0v) is 16.9. The molecule has 0 aliphatic heterocycles. The summed E-state index contributed by atoms with van der Waals surface area (Å²) in [4.78, 5) is 28.6. The second kappa shape index (κ2) is 8.86. The molecular weight excluding hydrogens is 398 g/mol. The van der Waals surface area contributed by atoms with E-state index in [-0.39, 0.29) is 11.8 Å². The van der Waals surface area contributed by atoms with Gasteiger partial charge in [0.15, 0.2) is 0 Å². The van der Waals surface area contributed by atoms with Crippen LogP contribution < -0.4 is 15.4 Å². The summed E-state index contributed by atoms with van der Waals surface area (Å²) in [5, 5.41) is 8.53. The topological polar surface area (TPSA) is 80.3 Å². The molecule has 0 atom stereocenters. The maximum atomic E-state index is 12.4. The summed E-state index contributed by atoms with van der Waals surface area (Å²) in [6.45, 7) is 2.32. The van der Waals surface area contributed by atoms with E-state index in [4.69, 9.17) is 16.3 Å². The molecule has 28 heavy (non-hydrogen) atoms. The molecule has 2 aromatic carbocycles. The van der Waals surface area contributed by atoms with Crippen LogP contribution in [0.5, 0.6) is 5.75 Å². The Balaban J connectivity index is 1.64. The molecule has 0 fully saturated rings. The first-order valence-corrected chi connectivity index (χ1v) is 9.69. The first-order valence-electron chi connectivity index (χ1n) is 8.43. The van der Waals surface area contributed by atoms with Crippen LogP contribution in [0.15, 0.2) is 47.8 Å². The predicted molar refractivity (Wildman–Crippen MR) is 110 cm³/mol. The van der Waals surface area contributed by atoms with Crippen LogP contribution in [-0.2, 0) is 6.61 Å². The molecule has 2 amide bonds. The van der Waals surface area contributed by atoms with E-state index in [2.05, 4.69) is 15.6 Å². The minimum absolute atomic E-state index is 0.294. The van der Waals surface area contributed by atoms with E-state index in [0.717, 1.165) is 10.7 Å². The molecule has 144 valence electrons. The number of anilines is 1. The lowest BCUT2D eigenvalue weighted by atomic mass is 10.1. The van der Waals surface area contributed by atoms with E-state index < -0.39 is 0 Å². The third-order valence-electron chi connectivity index (χ3n) is 3.87. The first-order chi connectivity index (χ1) is 13.5. The summed E-state index contributed by atoms with van der Waals surface area (Å²) in [6.07, 6.45) is 0. The van der Waals surface area contributed by atoms with Crippen LogP contribution in [0.4, 0.5) is 5.69 Å². The lowest BCUT2D eigenvalue weighted by Crippen LogP contribution is -2.19. The number of nitrogens with one attached hydrogen (secondary N) is 2. The third kappa shape index (κ3) is 4.88. The van der Waals surface area contributed by atoms with Crippen molar-refractivity contribution in [2.24, 2.45) is 0 Å². The van der Waals surface area contributed by atoms with Gasteiger partial charge in [-0.05, 0) is 49.4 Å². The van der Waals surface area contributed by atoms with Crippen molar-refractivity contribution in [1.29, 1.82) is 0 Å². The molecule has 0 aliphatic carbocycles. The van der Waals surface area contributed by atoms with E-state index in [0.29, 0.717) is 34.2 Å². The highest BCUT2D eigenvalue weighted by Crippen LogP contribution is 2.22. The Morgan fingerprint density at radius 3 is 2.54 bits per heavy atom. The van der Waals surface area contributed by atoms with Crippen LogP contribution in [0.1, 0.15) is 31.4 Å². The Kier molecular flexibility index (Phi) is 6.28. The Morgan fingerprint density at radius 1 is 1.14 bits per heavy atom. The van der Waals surface area contributed by atoms with Crippen molar-refractivity contribution in [3.63, 3.8) is 0 Å². The maximum Gasteiger partial charge on any atom is 0.255 e. The fourth-order valence-corrected chi connectivity index (χ4v) is 3.25. The molecule has 0 saturated carbocycles. The summed E-state index contributed by atoms with van der Waals surface area (Å²) < 4.78 is 5.68. The number of carbonyl (C=O) groups excluding carboxylic acids is 2. The van der Waals surface area contributed by atoms with Crippen LogP contribution in [0.3, 0.4) is 0 Å². The molecule has 0 radical (unpaired) electrons. The van der Waals surface area contributed by atoms with Crippen LogP contribution in [0.2, 0.25) is 5.02 Å². The summed E-state index contributed by atoms with van der Waals surface area (Å²) in [6, 6.07) is 11.5. The molecule has 0 saturated heterocycles. The van der Waals surface area contributed by atoms with Crippen LogP contribution in [-0.4, -0.2) is 23.8 Å². The van der Waals surface area contributed by atoms with E-state index in [9.17, 15) is 9.59 Å². The van der Waals surface area contributed by atoms with Gasteiger partial charge in [-0.25, -0.2) is 4.98 Å². The van der Waals surface area contributed by atoms with Crippen LogP contribution >= 0.6 is 22.9 Å². The smallest absolute Gasteiger partial charge is 0.255 e. The standard InChI is InChI=1S/C20H18ClN3O3S/c1-12-23-15(11-28-12)10-27-16-6-3-13(4-7-16)19(25)24-14-5-8-18(21)17(9-14)20(26)22-2/h3-9,11H,10H2,1-2H3,(H,22,26)(H,24,25). The van der Waals surface area contributed by atoms with Gasteiger partial charge in [0.25, 0.3) is 11.8 Å². The normalized spacial score (nSPS) is 10.4. The fourth-order valence-electron chi connectivity index (χ4n) is 2.45. The molecule has 3 rings (SSSR count). The molecule has 2 N–H and O–H groups in total. The number of amides is 2. The molecular formula is C20H18ClN3O3S. The number of aromatic nitrogens is 1. The summed E-state index contributed by atoms with van der Waals surface area (Å²) in [7, 11) is 1.52. The molecule has 0 unspecified atom stereocenters. The number of aryl methyl sites for hydroxylation is 1. The van der Waals surface area contributed by atoms with Crippen molar-refractivity contribution < 1.29 is 14.3 Å². The number of rotatable bonds is 6. The van der Waals surface area contributed by atoms with Gasteiger partial charge in [-0.15, -0.1) is 11.3 Å². The zero-order chi connectivity index (χ0) is 20.1. The fraction of sp³-hybridized carbons (Fsp3) is 0.150. The van der Waals surface area contributed by atoms with E-state index in [1.165, 1.54) is 13.1 Å². The van der Waals surface area contributed by atoms with Gasteiger partial charge in [-0.3, -0.25) is 9.59 Å². The Hall–Kier alpha value is -2.90. The van der Waals surface area contributed by atoms with Crippen LogP contribution in [0, 0.1) is 6.92 Å². The maximum absolute atomic E-state index is 12.4. The van der Waals surface area contributed by atoms with Gasteiger partial charge in [0.1, 0.15) is 12.4 Å². The summed E-state index contributed by atoms with van der Waals surface area (Å²) >= 11 is 7.60. The highest BCUT2D eigenvalue weighted by Gasteiger charge is 2.12. The van der Waals surface area contributed by atoms with Gasteiger partial charge in [-0.1, -0.05) is 11.6 Å². The van der Waals surface area contributed by atoms with Crippen LogP contribution in [0.25, 0.3) is 0 Å². The van der Waals surface area contributed by atoms with E-state index >= 15 is 0 Å². The molecule has 1 aromatic heterocycles. The second-order valence-corrected chi connectivity index (χ2v) is 7.37. The van der Waals surface area contributed by atoms with Gasteiger partial charge in [0.2, 0.25) is 0 Å². The second-order valence-electron chi connectivity index (χ2n) is 5.90. The molecule has 0 spiro atoms. The number of halogens is 1. The summed E-state index contributed by atoms with van der Waals surface area (Å²) in [5.74, 6) is 0.0281. The van der Waals surface area contributed by atoms with Gasteiger partial charge < -0.3 is 15.4 Å². The third-order valence-corrected chi connectivity index (χ3v) is 5.02. The molecule has 0 aliphatic rings. The van der Waals surface area contributed by atoms with Crippen molar-refractivity contribution in [3.05, 3.63) is 74.7 Å². The number of carbonyl (C=O) groups is 2. The Morgan fingerprint density at radius 2 is 1.89 bits per heavy atom.